The van der Waals surface area contributed by atoms with Gasteiger partial charge in [0.1, 0.15) is 0 Å². The molecule has 138 valence electrons. The summed E-state index contributed by atoms with van der Waals surface area (Å²) in [5.74, 6) is 0.263. The van der Waals surface area contributed by atoms with E-state index in [2.05, 4.69) is 15.6 Å². The van der Waals surface area contributed by atoms with E-state index in [0.29, 0.717) is 12.2 Å². The summed E-state index contributed by atoms with van der Waals surface area (Å²) < 4.78 is 2.00. The van der Waals surface area contributed by atoms with Gasteiger partial charge in [-0.2, -0.15) is 0 Å². The van der Waals surface area contributed by atoms with Crippen LogP contribution >= 0.6 is 11.8 Å². The number of anilines is 1. The lowest BCUT2D eigenvalue weighted by molar-refractivity contribution is -0.119. The van der Waals surface area contributed by atoms with Gasteiger partial charge >= 0.3 is 0 Å². The topological polar surface area (TPSA) is 76.0 Å². The number of nitrogens with one attached hydrogen (secondary N) is 2. The third kappa shape index (κ3) is 3.55. The molecule has 2 amide bonds. The lowest BCUT2D eigenvalue weighted by Crippen LogP contribution is -2.28. The maximum absolute atomic E-state index is 12.4. The molecular formula is C20H20N4O2S. The summed E-state index contributed by atoms with van der Waals surface area (Å²) >= 11 is 1.42. The van der Waals surface area contributed by atoms with E-state index in [1.54, 1.807) is 0 Å². The van der Waals surface area contributed by atoms with Gasteiger partial charge in [-0.3, -0.25) is 9.59 Å². The van der Waals surface area contributed by atoms with Gasteiger partial charge in [0.2, 0.25) is 11.8 Å². The van der Waals surface area contributed by atoms with E-state index in [9.17, 15) is 9.59 Å². The summed E-state index contributed by atoms with van der Waals surface area (Å²) in [6.45, 7) is 1.95. The van der Waals surface area contributed by atoms with Crippen molar-refractivity contribution in [1.29, 1.82) is 0 Å². The number of imidazole rings is 1. The Morgan fingerprint density at radius 3 is 2.96 bits per heavy atom. The normalized spacial score (nSPS) is 14.1. The van der Waals surface area contributed by atoms with Crippen molar-refractivity contribution >= 4 is 40.3 Å². The molecule has 2 aromatic carbocycles. The smallest absolute Gasteiger partial charge is 0.230 e. The molecule has 7 heteroatoms. The minimum atomic E-state index is -0.125. The van der Waals surface area contributed by atoms with Crippen molar-refractivity contribution in [2.75, 3.05) is 11.1 Å². The quantitative estimate of drug-likeness (QED) is 0.667. The van der Waals surface area contributed by atoms with Crippen LogP contribution in [0.5, 0.6) is 0 Å². The number of rotatable bonds is 5. The van der Waals surface area contributed by atoms with Crippen LogP contribution in [0.3, 0.4) is 0 Å². The Balaban J connectivity index is 1.38. The van der Waals surface area contributed by atoms with E-state index in [1.807, 2.05) is 61.0 Å². The molecular weight excluding hydrogens is 360 g/mol. The molecule has 4 rings (SSSR count). The number of thioether (sulfide) groups is 1. The van der Waals surface area contributed by atoms with Gasteiger partial charge in [-0.1, -0.05) is 36.0 Å². The third-order valence-electron chi connectivity index (χ3n) is 4.71. The Labute approximate surface area is 161 Å². The van der Waals surface area contributed by atoms with Crippen LogP contribution in [0.2, 0.25) is 0 Å². The van der Waals surface area contributed by atoms with Crippen LogP contribution in [0.1, 0.15) is 24.1 Å². The van der Waals surface area contributed by atoms with E-state index < -0.39 is 0 Å². The number of hydrogen-bond donors (Lipinski definition) is 2. The average Bonchev–Trinajstić information content (AvgIpc) is 3.18. The van der Waals surface area contributed by atoms with E-state index in [4.69, 9.17) is 0 Å². The number of amides is 2. The molecule has 1 aliphatic heterocycles. The van der Waals surface area contributed by atoms with Gasteiger partial charge in [0, 0.05) is 12.7 Å². The van der Waals surface area contributed by atoms with Crippen LogP contribution in [0, 0.1) is 0 Å². The summed E-state index contributed by atoms with van der Waals surface area (Å²) in [7, 11) is 1.96. The van der Waals surface area contributed by atoms with Gasteiger partial charge in [-0.05, 0) is 36.2 Å². The lowest BCUT2D eigenvalue weighted by atomic mass is 10.0. The first-order valence-corrected chi connectivity index (χ1v) is 9.76. The highest BCUT2D eigenvalue weighted by Crippen LogP contribution is 2.27. The predicted molar refractivity (Wildman–Crippen MR) is 107 cm³/mol. The minimum absolute atomic E-state index is 0.0118. The summed E-state index contributed by atoms with van der Waals surface area (Å²) in [5, 5.41) is 6.66. The zero-order valence-corrected chi connectivity index (χ0v) is 16.0. The molecule has 0 aliphatic carbocycles. The Kier molecular flexibility index (Phi) is 4.61. The number of hydrogen-bond acceptors (Lipinski definition) is 4. The first-order chi connectivity index (χ1) is 13.0. The molecule has 0 unspecified atom stereocenters. The molecule has 27 heavy (non-hydrogen) atoms. The van der Waals surface area contributed by atoms with Gasteiger partial charge in [-0.15, -0.1) is 0 Å². The molecule has 0 spiro atoms. The summed E-state index contributed by atoms with van der Waals surface area (Å²) in [4.78, 5) is 28.4. The fraction of sp³-hybridized carbons (Fsp3) is 0.250. The molecule has 3 aromatic rings. The molecule has 1 aliphatic rings. The molecule has 6 nitrogen and oxygen atoms in total. The summed E-state index contributed by atoms with van der Waals surface area (Å²) in [6, 6.07) is 13.6. The Bertz CT molecular complexity index is 1040. The Morgan fingerprint density at radius 2 is 2.15 bits per heavy atom. The number of benzene rings is 2. The summed E-state index contributed by atoms with van der Waals surface area (Å²) in [6.07, 6.45) is 0.395. The van der Waals surface area contributed by atoms with E-state index in [-0.39, 0.29) is 17.9 Å². The number of carbonyl (C=O) groups excluding carboxylic acids is 2. The first kappa shape index (κ1) is 17.6. The van der Waals surface area contributed by atoms with E-state index in [1.165, 1.54) is 11.8 Å². The van der Waals surface area contributed by atoms with Crippen LogP contribution in [-0.4, -0.2) is 27.1 Å². The van der Waals surface area contributed by atoms with Crippen LogP contribution in [-0.2, 0) is 23.1 Å². The third-order valence-corrected chi connectivity index (χ3v) is 5.74. The van der Waals surface area contributed by atoms with Crippen LogP contribution in [0.25, 0.3) is 11.0 Å². The number of fused-ring (bicyclic) bond motifs is 2. The van der Waals surface area contributed by atoms with Gasteiger partial charge in [0.15, 0.2) is 5.16 Å². The summed E-state index contributed by atoms with van der Waals surface area (Å²) in [5.41, 5.74) is 4.81. The van der Waals surface area contributed by atoms with Gasteiger partial charge < -0.3 is 15.2 Å². The number of nitrogens with zero attached hydrogens (tertiary/aromatic N) is 2. The SMILES string of the molecule is C[C@H](NC(=O)CSc1nc2ccccc2n1C)c1ccc2c(c1)CC(=O)N2. The zero-order chi connectivity index (χ0) is 19.0. The lowest BCUT2D eigenvalue weighted by Gasteiger charge is -2.15. The van der Waals surface area contributed by atoms with Gasteiger partial charge in [0.25, 0.3) is 0 Å². The van der Waals surface area contributed by atoms with Gasteiger partial charge in [-0.25, -0.2) is 4.98 Å². The highest BCUT2D eigenvalue weighted by molar-refractivity contribution is 7.99. The maximum atomic E-state index is 12.4. The fourth-order valence-electron chi connectivity index (χ4n) is 3.27. The van der Waals surface area contributed by atoms with E-state index in [0.717, 1.165) is 33.0 Å². The predicted octanol–water partition coefficient (Wildman–Crippen LogP) is 3.04. The monoisotopic (exact) mass is 380 g/mol. The number of aromatic nitrogens is 2. The van der Waals surface area contributed by atoms with Crippen molar-refractivity contribution in [3.63, 3.8) is 0 Å². The van der Waals surface area contributed by atoms with Crippen LogP contribution < -0.4 is 10.6 Å². The molecule has 1 aromatic heterocycles. The molecule has 2 N–H and O–H groups in total. The maximum Gasteiger partial charge on any atom is 0.230 e. The minimum Gasteiger partial charge on any atom is -0.349 e. The standard InChI is InChI=1S/C20H20N4O2S/c1-12(13-7-8-15-14(9-13)10-18(25)22-15)21-19(26)11-27-20-23-16-5-3-4-6-17(16)24(20)2/h3-9,12H,10-11H2,1-2H3,(H,21,26)(H,22,25)/t12-/m0/s1. The Hall–Kier alpha value is -2.80. The second-order valence-electron chi connectivity index (χ2n) is 6.66. The van der Waals surface area contributed by atoms with Crippen molar-refractivity contribution in [3.8, 4) is 0 Å². The van der Waals surface area contributed by atoms with Crippen molar-refractivity contribution in [3.05, 3.63) is 53.6 Å². The molecule has 0 saturated carbocycles. The van der Waals surface area contributed by atoms with Crippen LogP contribution in [0.15, 0.2) is 47.6 Å². The zero-order valence-electron chi connectivity index (χ0n) is 15.2. The van der Waals surface area contributed by atoms with Crippen molar-refractivity contribution in [2.45, 2.75) is 24.5 Å². The Morgan fingerprint density at radius 1 is 1.33 bits per heavy atom. The van der Waals surface area contributed by atoms with E-state index >= 15 is 0 Å². The second-order valence-corrected chi connectivity index (χ2v) is 7.60. The van der Waals surface area contributed by atoms with Crippen molar-refractivity contribution < 1.29 is 9.59 Å². The number of aryl methyl sites for hydroxylation is 1. The average molecular weight is 380 g/mol. The molecule has 0 saturated heterocycles. The van der Waals surface area contributed by atoms with Gasteiger partial charge in [0.05, 0.1) is 29.2 Å². The molecule has 1 atom stereocenters. The number of para-hydroxylation sites is 2. The highest BCUT2D eigenvalue weighted by atomic mass is 32.2. The highest BCUT2D eigenvalue weighted by Gasteiger charge is 2.19. The first-order valence-electron chi connectivity index (χ1n) is 8.77. The second kappa shape index (κ2) is 7.08. The molecule has 0 radical (unpaired) electrons. The van der Waals surface area contributed by atoms with Crippen molar-refractivity contribution in [2.24, 2.45) is 7.05 Å². The fourth-order valence-corrected chi connectivity index (χ4v) is 4.07. The molecule has 0 bridgehead atoms. The largest absolute Gasteiger partial charge is 0.349 e. The van der Waals surface area contributed by atoms with Crippen molar-refractivity contribution in [1.82, 2.24) is 14.9 Å². The van der Waals surface area contributed by atoms with Crippen LogP contribution in [0.4, 0.5) is 5.69 Å². The molecule has 0 fully saturated rings. The number of carbonyl (C=O) groups is 2. The molecule has 2 heterocycles.